The van der Waals surface area contributed by atoms with E-state index in [1.165, 1.54) is 7.11 Å². The number of allylic oxidation sites excluding steroid dienone is 1. The third-order valence-corrected chi connectivity index (χ3v) is 3.29. The van der Waals surface area contributed by atoms with E-state index >= 15 is 0 Å². The zero-order valence-electron chi connectivity index (χ0n) is 9.91. The second-order valence-corrected chi connectivity index (χ2v) is 4.53. The molecule has 86 valence electrons. The highest BCUT2D eigenvalue weighted by Crippen LogP contribution is 2.35. The molecule has 0 heterocycles. The molecule has 1 saturated carbocycles. The van der Waals surface area contributed by atoms with E-state index in [0.717, 1.165) is 24.0 Å². The number of esters is 1. The van der Waals surface area contributed by atoms with E-state index in [0.29, 0.717) is 0 Å². The molecule has 1 fully saturated rings. The third kappa shape index (κ3) is 2.40. The summed E-state index contributed by atoms with van der Waals surface area (Å²) < 4.78 is 4.74. The van der Waals surface area contributed by atoms with Gasteiger partial charge in [-0.05, 0) is 38.2 Å². The highest BCUT2D eigenvalue weighted by Gasteiger charge is 2.38. The van der Waals surface area contributed by atoms with Crippen molar-refractivity contribution >= 4 is 5.97 Å². The highest BCUT2D eigenvalue weighted by molar-refractivity contribution is 5.74. The second-order valence-electron chi connectivity index (χ2n) is 4.53. The van der Waals surface area contributed by atoms with E-state index in [4.69, 9.17) is 4.74 Å². The van der Waals surface area contributed by atoms with Gasteiger partial charge >= 0.3 is 5.97 Å². The monoisotopic (exact) mass is 212 g/mol. The third-order valence-electron chi connectivity index (χ3n) is 3.29. The quantitative estimate of drug-likeness (QED) is 0.533. The SMILES string of the molecule is COC(=O)C1C(O)C(=C(C)C)CC[C@H]1C. The van der Waals surface area contributed by atoms with Crippen LogP contribution in [0.2, 0.25) is 0 Å². The molecular weight excluding hydrogens is 192 g/mol. The fourth-order valence-corrected chi connectivity index (χ4v) is 2.28. The van der Waals surface area contributed by atoms with Gasteiger partial charge in [0.15, 0.2) is 0 Å². The molecular formula is C12H20O3. The minimum Gasteiger partial charge on any atom is -0.469 e. The molecule has 0 spiro atoms. The lowest BCUT2D eigenvalue weighted by atomic mass is 9.74. The summed E-state index contributed by atoms with van der Waals surface area (Å²) in [7, 11) is 1.37. The van der Waals surface area contributed by atoms with Gasteiger partial charge < -0.3 is 9.84 Å². The van der Waals surface area contributed by atoms with Crippen molar-refractivity contribution in [2.75, 3.05) is 7.11 Å². The van der Waals surface area contributed by atoms with Gasteiger partial charge in [-0.3, -0.25) is 4.79 Å². The summed E-state index contributed by atoms with van der Waals surface area (Å²) >= 11 is 0. The lowest BCUT2D eigenvalue weighted by Gasteiger charge is -2.34. The number of rotatable bonds is 1. The Morgan fingerprint density at radius 1 is 1.47 bits per heavy atom. The topological polar surface area (TPSA) is 46.5 Å². The normalized spacial score (nSPS) is 31.3. The number of hydrogen-bond donors (Lipinski definition) is 1. The number of ether oxygens (including phenoxy) is 1. The molecule has 15 heavy (non-hydrogen) atoms. The van der Waals surface area contributed by atoms with Crippen molar-refractivity contribution in [2.45, 2.75) is 39.7 Å². The standard InChI is InChI=1S/C12H20O3/c1-7(2)9-6-5-8(3)10(11(9)13)12(14)15-4/h8,10-11,13H,5-6H2,1-4H3/t8-,10?,11?/m1/s1. The summed E-state index contributed by atoms with van der Waals surface area (Å²) in [5.74, 6) is -0.502. The maximum Gasteiger partial charge on any atom is 0.311 e. The van der Waals surface area contributed by atoms with Crippen molar-refractivity contribution in [3.05, 3.63) is 11.1 Å². The first-order chi connectivity index (χ1) is 6.99. The van der Waals surface area contributed by atoms with Crippen LogP contribution in [0, 0.1) is 11.8 Å². The summed E-state index contributed by atoms with van der Waals surface area (Å²) in [6.07, 6.45) is 1.17. The van der Waals surface area contributed by atoms with Crippen molar-refractivity contribution in [2.24, 2.45) is 11.8 Å². The Morgan fingerprint density at radius 2 is 2.07 bits per heavy atom. The summed E-state index contributed by atoms with van der Waals surface area (Å²) in [4.78, 5) is 11.6. The number of carbonyl (C=O) groups is 1. The maximum absolute atomic E-state index is 11.6. The van der Waals surface area contributed by atoms with Gasteiger partial charge in [0.2, 0.25) is 0 Å². The van der Waals surface area contributed by atoms with Crippen LogP contribution in [-0.2, 0) is 9.53 Å². The molecule has 1 aliphatic rings. The van der Waals surface area contributed by atoms with Gasteiger partial charge in [-0.25, -0.2) is 0 Å². The maximum atomic E-state index is 11.6. The largest absolute Gasteiger partial charge is 0.469 e. The van der Waals surface area contributed by atoms with Gasteiger partial charge in [-0.15, -0.1) is 0 Å². The molecule has 0 amide bonds. The Morgan fingerprint density at radius 3 is 2.53 bits per heavy atom. The van der Waals surface area contributed by atoms with Crippen molar-refractivity contribution in [3.8, 4) is 0 Å². The lowest BCUT2D eigenvalue weighted by molar-refractivity contribution is -0.152. The molecule has 0 bridgehead atoms. The zero-order valence-corrected chi connectivity index (χ0v) is 9.91. The minimum absolute atomic E-state index is 0.190. The minimum atomic E-state index is -0.661. The molecule has 3 atom stereocenters. The van der Waals surface area contributed by atoms with E-state index in [1.54, 1.807) is 0 Å². The Bertz CT molecular complexity index is 277. The predicted molar refractivity (Wildman–Crippen MR) is 58.3 cm³/mol. The van der Waals surface area contributed by atoms with Crippen LogP contribution in [0.15, 0.2) is 11.1 Å². The van der Waals surface area contributed by atoms with Crippen molar-refractivity contribution < 1.29 is 14.6 Å². The smallest absolute Gasteiger partial charge is 0.311 e. The molecule has 3 heteroatoms. The van der Waals surface area contributed by atoms with Crippen molar-refractivity contribution in [1.82, 2.24) is 0 Å². The van der Waals surface area contributed by atoms with E-state index < -0.39 is 12.0 Å². The molecule has 0 aromatic heterocycles. The first-order valence-corrected chi connectivity index (χ1v) is 5.41. The number of hydrogen-bond acceptors (Lipinski definition) is 3. The van der Waals surface area contributed by atoms with Crippen LogP contribution in [0.5, 0.6) is 0 Å². The number of carbonyl (C=O) groups excluding carboxylic acids is 1. The van der Waals surface area contributed by atoms with Crippen LogP contribution in [-0.4, -0.2) is 24.3 Å². The molecule has 0 saturated heterocycles. The fraction of sp³-hybridized carbons (Fsp3) is 0.750. The summed E-state index contributed by atoms with van der Waals surface area (Å²) in [5, 5.41) is 10.1. The van der Waals surface area contributed by atoms with Gasteiger partial charge in [0, 0.05) is 0 Å². The van der Waals surface area contributed by atoms with Crippen LogP contribution in [0.1, 0.15) is 33.6 Å². The van der Waals surface area contributed by atoms with Gasteiger partial charge in [0.1, 0.15) is 0 Å². The van der Waals surface area contributed by atoms with Crippen LogP contribution in [0.3, 0.4) is 0 Å². The molecule has 1 rings (SSSR count). The van der Waals surface area contributed by atoms with Gasteiger partial charge in [0.25, 0.3) is 0 Å². The molecule has 0 aliphatic heterocycles. The van der Waals surface area contributed by atoms with E-state index in [1.807, 2.05) is 20.8 Å². The summed E-state index contributed by atoms with van der Waals surface area (Å²) in [6.45, 7) is 5.94. The number of methoxy groups -OCH3 is 1. The molecule has 3 nitrogen and oxygen atoms in total. The van der Waals surface area contributed by atoms with E-state index in [2.05, 4.69) is 0 Å². The predicted octanol–water partition coefficient (Wildman–Crippen LogP) is 1.90. The van der Waals surface area contributed by atoms with Crippen molar-refractivity contribution in [3.63, 3.8) is 0 Å². The van der Waals surface area contributed by atoms with Crippen LogP contribution < -0.4 is 0 Å². The van der Waals surface area contributed by atoms with Crippen LogP contribution >= 0.6 is 0 Å². The Hall–Kier alpha value is -0.830. The van der Waals surface area contributed by atoms with Gasteiger partial charge in [0.05, 0.1) is 19.1 Å². The van der Waals surface area contributed by atoms with E-state index in [9.17, 15) is 9.90 Å². The number of aliphatic hydroxyl groups is 1. The average Bonchev–Trinajstić information content (AvgIpc) is 2.16. The Kier molecular flexibility index (Phi) is 3.91. The van der Waals surface area contributed by atoms with Crippen molar-refractivity contribution in [1.29, 1.82) is 0 Å². The second kappa shape index (κ2) is 4.79. The average molecular weight is 212 g/mol. The molecule has 1 aliphatic carbocycles. The van der Waals surface area contributed by atoms with E-state index in [-0.39, 0.29) is 11.9 Å². The summed E-state index contributed by atoms with van der Waals surface area (Å²) in [6, 6.07) is 0. The van der Waals surface area contributed by atoms with Gasteiger partial charge in [-0.1, -0.05) is 12.5 Å². The fourth-order valence-electron chi connectivity index (χ4n) is 2.28. The first-order valence-electron chi connectivity index (χ1n) is 5.41. The molecule has 2 unspecified atom stereocenters. The Labute approximate surface area is 91.1 Å². The van der Waals surface area contributed by atoms with Crippen LogP contribution in [0.4, 0.5) is 0 Å². The lowest BCUT2D eigenvalue weighted by Crippen LogP contribution is -2.39. The molecule has 0 radical (unpaired) electrons. The molecule has 1 N–H and O–H groups in total. The summed E-state index contributed by atoms with van der Waals surface area (Å²) in [5.41, 5.74) is 2.12. The Balaban J connectivity index is 2.93. The molecule has 0 aromatic carbocycles. The van der Waals surface area contributed by atoms with Gasteiger partial charge in [-0.2, -0.15) is 0 Å². The number of aliphatic hydroxyl groups excluding tert-OH is 1. The highest BCUT2D eigenvalue weighted by atomic mass is 16.5. The zero-order chi connectivity index (χ0) is 11.6. The first kappa shape index (κ1) is 12.2. The van der Waals surface area contributed by atoms with Crippen LogP contribution in [0.25, 0.3) is 0 Å². The molecule has 0 aromatic rings.